The molecule has 10 heteroatoms. The first kappa shape index (κ1) is 18.9. The summed E-state index contributed by atoms with van der Waals surface area (Å²) in [6, 6.07) is 5.43. The molecule has 1 aromatic carbocycles. The fourth-order valence-corrected chi connectivity index (χ4v) is 2.88. The van der Waals surface area contributed by atoms with E-state index in [9.17, 15) is 19.7 Å². The monoisotopic (exact) mass is 382 g/mol. The van der Waals surface area contributed by atoms with Crippen molar-refractivity contribution in [3.8, 4) is 0 Å². The third-order valence-electron chi connectivity index (χ3n) is 3.05. The number of aryl methyl sites for hydroxylation is 1. The number of carbonyl (C=O) groups is 1. The summed E-state index contributed by atoms with van der Waals surface area (Å²) in [5.41, 5.74) is 0.380. The van der Waals surface area contributed by atoms with Crippen molar-refractivity contribution in [2.24, 2.45) is 0 Å². The molecule has 0 bridgehead atoms. The van der Waals surface area contributed by atoms with Crippen LogP contribution in [0.15, 0.2) is 34.2 Å². The van der Waals surface area contributed by atoms with Gasteiger partial charge in [-0.15, -0.1) is 0 Å². The Hall–Kier alpha value is -2.39. The molecule has 0 saturated heterocycles. The van der Waals surface area contributed by atoms with Gasteiger partial charge >= 0.3 is 0 Å². The van der Waals surface area contributed by atoms with Gasteiger partial charge in [0.2, 0.25) is 5.91 Å². The van der Waals surface area contributed by atoms with E-state index in [1.807, 2.05) is 6.92 Å². The Morgan fingerprint density at radius 3 is 2.88 bits per heavy atom. The zero-order valence-corrected chi connectivity index (χ0v) is 14.8. The third kappa shape index (κ3) is 5.57. The van der Waals surface area contributed by atoms with Crippen LogP contribution in [-0.4, -0.2) is 26.6 Å². The first-order valence-electron chi connectivity index (χ1n) is 7.36. The van der Waals surface area contributed by atoms with Crippen LogP contribution in [0.2, 0.25) is 5.02 Å². The van der Waals surface area contributed by atoms with E-state index in [1.54, 1.807) is 0 Å². The second-order valence-corrected chi connectivity index (χ2v) is 6.42. The molecule has 0 saturated carbocycles. The number of nitro benzene ring substituents is 1. The largest absolute Gasteiger partial charge is 0.325 e. The number of anilines is 1. The summed E-state index contributed by atoms with van der Waals surface area (Å²) in [7, 11) is 0. The Morgan fingerprint density at radius 1 is 1.44 bits per heavy atom. The highest BCUT2D eigenvalue weighted by molar-refractivity contribution is 7.99. The molecular weight excluding hydrogens is 368 g/mol. The molecule has 8 nitrogen and oxygen atoms in total. The van der Waals surface area contributed by atoms with Crippen LogP contribution in [0.5, 0.6) is 0 Å². The average Bonchev–Trinajstić information content (AvgIpc) is 2.54. The number of rotatable bonds is 7. The van der Waals surface area contributed by atoms with Crippen LogP contribution in [0.1, 0.15) is 19.0 Å². The van der Waals surface area contributed by atoms with Gasteiger partial charge in [0.1, 0.15) is 5.02 Å². The Balaban J connectivity index is 2.00. The molecule has 0 aliphatic heterocycles. The van der Waals surface area contributed by atoms with E-state index in [4.69, 9.17) is 11.6 Å². The third-order valence-corrected chi connectivity index (χ3v) is 4.24. The number of hydrogen-bond donors (Lipinski definition) is 2. The lowest BCUT2D eigenvalue weighted by Gasteiger charge is -2.06. The molecule has 132 valence electrons. The van der Waals surface area contributed by atoms with Gasteiger partial charge in [-0.1, -0.05) is 36.7 Å². The van der Waals surface area contributed by atoms with E-state index in [0.29, 0.717) is 17.3 Å². The predicted octanol–water partition coefficient (Wildman–Crippen LogP) is 3.01. The number of halogens is 1. The van der Waals surface area contributed by atoms with E-state index in [-0.39, 0.29) is 33.6 Å². The number of thioether (sulfide) groups is 1. The predicted molar refractivity (Wildman–Crippen MR) is 96.3 cm³/mol. The summed E-state index contributed by atoms with van der Waals surface area (Å²) >= 11 is 6.80. The van der Waals surface area contributed by atoms with Gasteiger partial charge in [0.25, 0.3) is 11.2 Å². The summed E-state index contributed by atoms with van der Waals surface area (Å²) in [6.45, 7) is 1.98. The first-order valence-corrected chi connectivity index (χ1v) is 8.72. The highest BCUT2D eigenvalue weighted by Crippen LogP contribution is 2.27. The van der Waals surface area contributed by atoms with Crippen LogP contribution in [0, 0.1) is 10.1 Å². The maximum atomic E-state index is 12.0. The minimum Gasteiger partial charge on any atom is -0.325 e. The number of H-pyrrole nitrogens is 1. The fraction of sp³-hybridized carbons (Fsp3) is 0.267. The smallest absolute Gasteiger partial charge is 0.289 e. The second-order valence-electron chi connectivity index (χ2n) is 5.05. The lowest BCUT2D eigenvalue weighted by molar-refractivity contribution is -0.384. The number of aromatic nitrogens is 2. The highest BCUT2D eigenvalue weighted by Gasteiger charge is 2.14. The average molecular weight is 383 g/mol. The van der Waals surface area contributed by atoms with Crippen LogP contribution in [-0.2, 0) is 11.2 Å². The number of carbonyl (C=O) groups excluding carboxylic acids is 1. The number of aromatic amines is 1. The molecule has 25 heavy (non-hydrogen) atoms. The lowest BCUT2D eigenvalue weighted by atomic mass is 10.2. The quantitative estimate of drug-likeness (QED) is 0.329. The lowest BCUT2D eigenvalue weighted by Crippen LogP contribution is -2.16. The van der Waals surface area contributed by atoms with Gasteiger partial charge in [0.05, 0.1) is 10.7 Å². The number of nitrogens with one attached hydrogen (secondary N) is 2. The van der Waals surface area contributed by atoms with E-state index in [0.717, 1.165) is 18.2 Å². The maximum absolute atomic E-state index is 12.0. The molecule has 2 aromatic rings. The van der Waals surface area contributed by atoms with Crippen LogP contribution in [0.4, 0.5) is 11.4 Å². The highest BCUT2D eigenvalue weighted by atomic mass is 35.5. The van der Waals surface area contributed by atoms with Crippen LogP contribution in [0.3, 0.4) is 0 Å². The van der Waals surface area contributed by atoms with E-state index in [2.05, 4.69) is 15.3 Å². The van der Waals surface area contributed by atoms with Gasteiger partial charge < -0.3 is 10.3 Å². The van der Waals surface area contributed by atoms with Gasteiger partial charge in [-0.2, -0.15) is 0 Å². The Kier molecular flexibility index (Phi) is 6.54. The van der Waals surface area contributed by atoms with E-state index in [1.165, 1.54) is 24.3 Å². The van der Waals surface area contributed by atoms with Crippen molar-refractivity contribution in [2.45, 2.75) is 24.9 Å². The minimum absolute atomic E-state index is 0.00502. The summed E-state index contributed by atoms with van der Waals surface area (Å²) < 4.78 is 0. The van der Waals surface area contributed by atoms with Crippen LogP contribution < -0.4 is 10.9 Å². The molecule has 0 spiro atoms. The second kappa shape index (κ2) is 8.63. The van der Waals surface area contributed by atoms with Gasteiger partial charge in [-0.05, 0) is 18.6 Å². The number of benzene rings is 1. The van der Waals surface area contributed by atoms with Crippen molar-refractivity contribution in [1.29, 1.82) is 0 Å². The number of amides is 1. The Morgan fingerprint density at radius 2 is 2.20 bits per heavy atom. The summed E-state index contributed by atoms with van der Waals surface area (Å²) in [6.07, 6.45) is 1.54. The Labute approximate surface area is 152 Å². The molecule has 0 atom stereocenters. The summed E-state index contributed by atoms with van der Waals surface area (Å²) in [5.74, 6) is -0.389. The van der Waals surface area contributed by atoms with Crippen molar-refractivity contribution in [3.05, 3.63) is 55.5 Å². The fourth-order valence-electron chi connectivity index (χ4n) is 2.00. The molecule has 0 radical (unpaired) electrons. The molecule has 2 rings (SSSR count). The van der Waals surface area contributed by atoms with Crippen molar-refractivity contribution >= 4 is 40.6 Å². The summed E-state index contributed by atoms with van der Waals surface area (Å²) in [5, 5.41) is 13.7. The molecule has 1 heterocycles. The minimum atomic E-state index is -0.624. The molecule has 0 unspecified atom stereocenters. The van der Waals surface area contributed by atoms with Crippen LogP contribution in [0.25, 0.3) is 0 Å². The maximum Gasteiger partial charge on any atom is 0.289 e. The number of nitrogens with zero attached hydrogens (tertiary/aromatic N) is 2. The number of nitro groups is 1. The van der Waals surface area contributed by atoms with Gasteiger partial charge in [-0.3, -0.25) is 19.7 Å². The normalized spacial score (nSPS) is 10.5. The van der Waals surface area contributed by atoms with Crippen LogP contribution >= 0.6 is 23.4 Å². The zero-order valence-electron chi connectivity index (χ0n) is 13.2. The molecule has 0 aliphatic carbocycles. The van der Waals surface area contributed by atoms with Crippen molar-refractivity contribution in [1.82, 2.24) is 9.97 Å². The van der Waals surface area contributed by atoms with Gasteiger partial charge in [-0.25, -0.2) is 4.98 Å². The van der Waals surface area contributed by atoms with Crippen molar-refractivity contribution in [2.75, 3.05) is 11.1 Å². The SMILES string of the molecule is CCCc1cc(=O)[nH]c(SCC(=O)Nc2ccc(Cl)c([N+](=O)[O-])c2)n1. The first-order chi connectivity index (χ1) is 11.9. The molecule has 0 aliphatic rings. The van der Waals surface area contributed by atoms with Crippen molar-refractivity contribution in [3.63, 3.8) is 0 Å². The molecule has 0 fully saturated rings. The van der Waals surface area contributed by atoms with Crippen molar-refractivity contribution < 1.29 is 9.72 Å². The van der Waals surface area contributed by atoms with E-state index < -0.39 is 4.92 Å². The standard InChI is InChI=1S/C15H15ClN4O4S/c1-2-3-9-7-13(21)19-15(18-9)25-8-14(22)17-10-4-5-11(16)12(6-10)20(23)24/h4-7H,2-3,8H2,1H3,(H,17,22)(H,18,19,21). The molecule has 2 N–H and O–H groups in total. The van der Waals surface area contributed by atoms with Gasteiger partial charge in [0, 0.05) is 23.5 Å². The van der Waals surface area contributed by atoms with E-state index >= 15 is 0 Å². The Bertz CT molecular complexity index is 856. The topological polar surface area (TPSA) is 118 Å². The molecular formula is C15H15ClN4O4S. The van der Waals surface area contributed by atoms with Gasteiger partial charge in [0.15, 0.2) is 5.16 Å². The molecule has 1 amide bonds. The number of hydrogen-bond acceptors (Lipinski definition) is 6. The summed E-state index contributed by atoms with van der Waals surface area (Å²) in [4.78, 5) is 40.6. The molecule has 1 aromatic heterocycles. The zero-order chi connectivity index (χ0) is 18.4.